The molecule has 7 rings (SSSR count). The van der Waals surface area contributed by atoms with Crippen LogP contribution in [0.3, 0.4) is 0 Å². The Morgan fingerprint density at radius 3 is 2.21 bits per heavy atom. The molecule has 1 unspecified atom stereocenters. The van der Waals surface area contributed by atoms with Gasteiger partial charge in [0.1, 0.15) is 11.4 Å². The second-order valence-corrected chi connectivity index (χ2v) is 11.8. The maximum atomic E-state index is 9.65. The summed E-state index contributed by atoms with van der Waals surface area (Å²) in [5.41, 5.74) is 5.28. The number of allylic oxidation sites excluding steroid dienone is 3. The summed E-state index contributed by atoms with van der Waals surface area (Å²) in [6, 6.07) is 50.4. The quantitative estimate of drug-likeness (QED) is 0.140. The van der Waals surface area contributed by atoms with E-state index in [2.05, 4.69) is 125 Å². The second-order valence-electron chi connectivity index (χ2n) is 11.8. The number of rotatable bonds is 6. The first kappa shape index (κ1) is 29.4. The molecule has 1 aliphatic rings. The van der Waals surface area contributed by atoms with E-state index in [1.54, 1.807) is 0 Å². The number of fused-ring (bicyclic) bond motifs is 2. The van der Waals surface area contributed by atoms with E-state index < -0.39 is 5.60 Å². The second kappa shape index (κ2) is 12.6. The molecule has 0 aliphatic carbocycles. The lowest BCUT2D eigenvalue weighted by Crippen LogP contribution is -2.29. The molecular weight excluding hydrogens is 574 g/mol. The van der Waals surface area contributed by atoms with Crippen LogP contribution in [0.1, 0.15) is 24.5 Å². The molecule has 4 heteroatoms. The van der Waals surface area contributed by atoms with Crippen LogP contribution in [0.2, 0.25) is 0 Å². The largest absolute Gasteiger partial charge is 0.483 e. The minimum Gasteiger partial charge on any atom is -0.483 e. The normalized spacial score (nSPS) is 17.0. The van der Waals surface area contributed by atoms with Gasteiger partial charge in [0, 0.05) is 23.2 Å². The minimum atomic E-state index is -0.708. The Kier molecular flexibility index (Phi) is 7.85. The maximum absolute atomic E-state index is 9.65. The average molecular weight is 606 g/mol. The Morgan fingerprint density at radius 2 is 1.45 bits per heavy atom. The van der Waals surface area contributed by atoms with Gasteiger partial charge in [-0.3, -0.25) is 0 Å². The summed E-state index contributed by atoms with van der Waals surface area (Å²) in [5, 5.41) is 14.4. The Labute approximate surface area is 275 Å². The van der Waals surface area contributed by atoms with Crippen LogP contribution in [-0.2, 0) is 10.3 Å². The molecule has 0 bridgehead atoms. The molecule has 0 spiro atoms. The van der Waals surface area contributed by atoms with E-state index in [1.807, 2.05) is 55.5 Å². The zero-order chi connectivity index (χ0) is 32.2. The SMILES string of the molecule is [C-]#[N+]C(C#N)=C1C=C(C=Cc2ccc(N(c3ccc4ccccc4c3)c3cccc4ccccc34)cc2)OC(C)(c2ccccc2)C1. The molecular formula is C43H31N3O. The molecule has 6 aromatic rings. The van der Waals surface area contributed by atoms with E-state index in [0.29, 0.717) is 17.8 Å². The van der Waals surface area contributed by atoms with E-state index in [-0.39, 0.29) is 5.70 Å². The van der Waals surface area contributed by atoms with Gasteiger partial charge in [0.05, 0.1) is 18.3 Å². The highest BCUT2D eigenvalue weighted by Gasteiger charge is 2.34. The fourth-order valence-electron chi connectivity index (χ4n) is 6.33. The van der Waals surface area contributed by atoms with Crippen molar-refractivity contribution in [2.75, 3.05) is 4.90 Å². The van der Waals surface area contributed by atoms with E-state index in [4.69, 9.17) is 11.3 Å². The summed E-state index contributed by atoms with van der Waals surface area (Å²) in [5.74, 6) is 0.603. The third-order valence-corrected chi connectivity index (χ3v) is 8.68. The predicted molar refractivity (Wildman–Crippen MR) is 192 cm³/mol. The summed E-state index contributed by atoms with van der Waals surface area (Å²) < 4.78 is 6.52. The van der Waals surface area contributed by atoms with Gasteiger partial charge in [-0.2, -0.15) is 0 Å². The Bertz CT molecular complexity index is 2260. The fraction of sp³-hybridized carbons (Fsp3) is 0.0698. The molecule has 0 fully saturated rings. The van der Waals surface area contributed by atoms with Crippen LogP contribution in [-0.4, -0.2) is 0 Å². The molecule has 1 atom stereocenters. The van der Waals surface area contributed by atoms with Crippen molar-refractivity contribution < 1.29 is 4.74 Å². The van der Waals surface area contributed by atoms with Crippen LogP contribution in [0.4, 0.5) is 17.1 Å². The van der Waals surface area contributed by atoms with Crippen LogP contribution in [0.25, 0.3) is 32.5 Å². The maximum Gasteiger partial charge on any atom is 0.265 e. The van der Waals surface area contributed by atoms with Crippen LogP contribution in [0, 0.1) is 17.9 Å². The van der Waals surface area contributed by atoms with Gasteiger partial charge in [-0.15, -0.1) is 0 Å². The molecule has 4 nitrogen and oxygen atoms in total. The molecule has 224 valence electrons. The highest BCUT2D eigenvalue weighted by atomic mass is 16.5. The summed E-state index contributed by atoms with van der Waals surface area (Å²) >= 11 is 0. The molecule has 47 heavy (non-hydrogen) atoms. The van der Waals surface area contributed by atoms with E-state index >= 15 is 0 Å². The van der Waals surface area contributed by atoms with Crippen molar-refractivity contribution in [2.45, 2.75) is 18.9 Å². The lowest BCUT2D eigenvalue weighted by molar-refractivity contribution is 0.0143. The average Bonchev–Trinajstić information content (AvgIpc) is 3.12. The number of hydrogen-bond acceptors (Lipinski definition) is 3. The summed E-state index contributed by atoms with van der Waals surface area (Å²) in [7, 11) is 0. The molecule has 0 radical (unpaired) electrons. The minimum absolute atomic E-state index is 0.0907. The fourth-order valence-corrected chi connectivity index (χ4v) is 6.33. The monoisotopic (exact) mass is 605 g/mol. The number of hydrogen-bond donors (Lipinski definition) is 0. The van der Waals surface area contributed by atoms with Gasteiger partial charge >= 0.3 is 0 Å². The van der Waals surface area contributed by atoms with Gasteiger partial charge in [-0.25, -0.2) is 10.1 Å². The first-order chi connectivity index (χ1) is 23.0. The van der Waals surface area contributed by atoms with Gasteiger partial charge in [-0.1, -0.05) is 115 Å². The lowest BCUT2D eigenvalue weighted by Gasteiger charge is -2.36. The summed E-state index contributed by atoms with van der Waals surface area (Å²) in [6.45, 7) is 9.55. The first-order valence-electron chi connectivity index (χ1n) is 15.6. The first-order valence-corrected chi connectivity index (χ1v) is 15.6. The third-order valence-electron chi connectivity index (χ3n) is 8.68. The topological polar surface area (TPSA) is 40.6 Å². The van der Waals surface area contributed by atoms with Gasteiger partial charge in [0.15, 0.2) is 0 Å². The van der Waals surface area contributed by atoms with Crippen molar-refractivity contribution in [1.82, 2.24) is 0 Å². The van der Waals surface area contributed by atoms with Crippen LogP contribution >= 0.6 is 0 Å². The van der Waals surface area contributed by atoms with Crippen molar-refractivity contribution in [2.24, 2.45) is 0 Å². The smallest absolute Gasteiger partial charge is 0.265 e. The molecule has 0 amide bonds. The molecule has 0 N–H and O–H groups in total. The summed E-state index contributed by atoms with van der Waals surface area (Å²) in [4.78, 5) is 5.80. The number of nitriles is 1. The van der Waals surface area contributed by atoms with Crippen molar-refractivity contribution in [3.63, 3.8) is 0 Å². The Balaban J connectivity index is 1.25. The molecule has 6 aromatic carbocycles. The molecule has 0 saturated carbocycles. The van der Waals surface area contributed by atoms with Gasteiger partial charge < -0.3 is 9.64 Å². The number of benzene rings is 6. The van der Waals surface area contributed by atoms with E-state index in [0.717, 1.165) is 28.2 Å². The molecule has 1 aliphatic heterocycles. The highest BCUT2D eigenvalue weighted by molar-refractivity contribution is 6.00. The Hall–Kier alpha value is -6.36. The molecule has 0 aromatic heterocycles. The van der Waals surface area contributed by atoms with E-state index in [9.17, 15) is 5.26 Å². The number of anilines is 3. The van der Waals surface area contributed by atoms with E-state index in [1.165, 1.54) is 21.5 Å². The number of nitrogens with zero attached hydrogens (tertiary/aromatic N) is 3. The molecule has 0 saturated heterocycles. The van der Waals surface area contributed by atoms with Crippen LogP contribution < -0.4 is 4.90 Å². The van der Waals surface area contributed by atoms with Gasteiger partial charge in [-0.05, 0) is 82.3 Å². The van der Waals surface area contributed by atoms with Crippen molar-refractivity contribution in [1.29, 1.82) is 5.26 Å². The third kappa shape index (κ3) is 5.89. The van der Waals surface area contributed by atoms with Crippen molar-refractivity contribution in [3.05, 3.63) is 191 Å². The number of ether oxygens (including phenoxy) is 1. The summed E-state index contributed by atoms with van der Waals surface area (Å²) in [6.07, 6.45) is 6.17. The van der Waals surface area contributed by atoms with Crippen molar-refractivity contribution in [3.8, 4) is 6.07 Å². The van der Waals surface area contributed by atoms with Gasteiger partial charge in [0.25, 0.3) is 5.70 Å². The standard InChI is InChI=1S/C43H31N3O/c1-43(36-15-4-3-5-16-36)29-35(41(30-44)45-2)28-39(47-43)26-21-31-19-23-37(24-20-31)46(38-25-22-32-11-6-7-13-34(32)27-38)42-18-10-14-33-12-8-9-17-40(33)42/h3-28H,29H2,1H3. The lowest BCUT2D eigenvalue weighted by atomic mass is 9.85. The predicted octanol–water partition coefficient (Wildman–Crippen LogP) is 11.4. The highest BCUT2D eigenvalue weighted by Crippen LogP contribution is 2.42. The molecule has 1 heterocycles. The zero-order valence-corrected chi connectivity index (χ0v) is 26.0. The van der Waals surface area contributed by atoms with Crippen LogP contribution in [0.5, 0.6) is 0 Å². The van der Waals surface area contributed by atoms with Gasteiger partial charge in [0.2, 0.25) is 0 Å². The van der Waals surface area contributed by atoms with Crippen molar-refractivity contribution >= 4 is 44.7 Å². The van der Waals surface area contributed by atoms with Crippen LogP contribution in [0.15, 0.2) is 169 Å². The zero-order valence-electron chi connectivity index (χ0n) is 26.0. The Morgan fingerprint density at radius 1 is 0.766 bits per heavy atom.